The molecule has 0 aromatic heterocycles. The van der Waals surface area contributed by atoms with E-state index < -0.39 is 24.7 Å². The molecule has 3 saturated heterocycles. The quantitative estimate of drug-likeness (QED) is 0.315. The molecule has 0 radical (unpaired) electrons. The fraction of sp³-hybridized carbons (Fsp3) is 0.727. The molecule has 3 heterocycles. The fourth-order valence-electron chi connectivity index (χ4n) is 2.71. The summed E-state index contributed by atoms with van der Waals surface area (Å²) >= 11 is 0. The molecular weight excluding hydrogens is 251 g/mol. The van der Waals surface area contributed by atoms with Crippen molar-refractivity contribution >= 4 is 19.1 Å². The molecule has 0 aliphatic carbocycles. The minimum atomic E-state index is -0.942. The van der Waals surface area contributed by atoms with Crippen LogP contribution in [0.4, 0.5) is 0 Å². The maximum absolute atomic E-state index is 12.4. The number of ether oxygens (including phenoxy) is 1. The van der Waals surface area contributed by atoms with E-state index in [1.807, 2.05) is 6.92 Å². The summed E-state index contributed by atoms with van der Waals surface area (Å²) in [6, 6.07) is -0.349. The molecular formula is C11H17BN2O5. The van der Waals surface area contributed by atoms with Crippen LogP contribution in [0.5, 0.6) is 0 Å². The van der Waals surface area contributed by atoms with Crippen LogP contribution in [0.1, 0.15) is 19.8 Å². The topological polar surface area (TPSA) is 81.6 Å². The minimum Gasteiger partial charge on any atom is -0.493 e. The standard InChI is InChI=1S/C11H17BN2O5/c1-7-9(17-7)12-18-8(15)6-14(2)11(10(16)19-12)4-3-5-13-11/h7,9,13-14H,2-6H2,1H3/t7?,9?,11-/m0/s1. The second kappa shape index (κ2) is 4.47. The first-order valence-electron chi connectivity index (χ1n) is 6.52. The lowest BCUT2D eigenvalue weighted by molar-refractivity contribution is -0.895. The fourth-order valence-corrected chi connectivity index (χ4v) is 2.71. The number of quaternary nitrogens is 1. The monoisotopic (exact) mass is 268 g/mol. The van der Waals surface area contributed by atoms with Gasteiger partial charge in [-0.1, -0.05) is 0 Å². The number of carbonyl (C=O) groups excluding carboxylic acids is 2. The van der Waals surface area contributed by atoms with E-state index in [1.165, 1.54) is 0 Å². The van der Waals surface area contributed by atoms with Gasteiger partial charge in [-0.25, -0.2) is 9.59 Å². The largest absolute Gasteiger partial charge is 0.632 e. The van der Waals surface area contributed by atoms with Crippen molar-refractivity contribution in [2.45, 2.75) is 37.5 Å². The molecule has 0 aromatic carbocycles. The lowest BCUT2D eigenvalue weighted by Crippen LogP contribution is -3.20. The van der Waals surface area contributed by atoms with E-state index in [0.717, 1.165) is 6.42 Å². The van der Waals surface area contributed by atoms with Crippen LogP contribution in [0.3, 0.4) is 0 Å². The summed E-state index contributed by atoms with van der Waals surface area (Å²) in [5.74, 6) is -0.853. The Hall–Kier alpha value is -1.12. The molecule has 19 heavy (non-hydrogen) atoms. The van der Waals surface area contributed by atoms with E-state index in [1.54, 1.807) is 0 Å². The maximum atomic E-state index is 12.4. The number of hydrogen-bond acceptors (Lipinski definition) is 6. The summed E-state index contributed by atoms with van der Waals surface area (Å²) in [6.45, 7) is 2.58. The molecule has 8 heteroatoms. The maximum Gasteiger partial charge on any atom is 0.632 e. The molecule has 0 bridgehead atoms. The zero-order chi connectivity index (χ0) is 13.6. The summed E-state index contributed by atoms with van der Waals surface area (Å²) in [6.07, 6.45) is 1.40. The van der Waals surface area contributed by atoms with Gasteiger partial charge in [0.1, 0.15) is 6.00 Å². The average molecular weight is 268 g/mol. The Morgan fingerprint density at radius 1 is 1.47 bits per heavy atom. The summed E-state index contributed by atoms with van der Waals surface area (Å²) in [5, 5.41) is 3.13. The highest BCUT2D eigenvalue weighted by atomic mass is 16.7. The number of rotatable bonds is 1. The Bertz CT molecular complexity index is 412. The molecule has 3 aliphatic heterocycles. The van der Waals surface area contributed by atoms with Gasteiger partial charge >= 0.3 is 19.1 Å². The summed E-state index contributed by atoms with van der Waals surface area (Å²) < 4.78 is 15.7. The van der Waals surface area contributed by atoms with Gasteiger partial charge in [0.25, 0.3) is 0 Å². The van der Waals surface area contributed by atoms with Crippen LogP contribution in [-0.4, -0.2) is 49.9 Å². The van der Waals surface area contributed by atoms with E-state index in [-0.39, 0.29) is 18.7 Å². The third-order valence-corrected chi connectivity index (χ3v) is 3.96. The lowest BCUT2D eigenvalue weighted by atomic mass is 9.81. The first-order chi connectivity index (χ1) is 9.03. The van der Waals surface area contributed by atoms with Crippen molar-refractivity contribution in [3.8, 4) is 0 Å². The van der Waals surface area contributed by atoms with Gasteiger partial charge in [0, 0.05) is 13.0 Å². The molecule has 3 rings (SSSR count). The first-order valence-corrected chi connectivity index (χ1v) is 6.52. The molecule has 3 aliphatic rings. The molecule has 1 spiro atoms. The van der Waals surface area contributed by atoms with Crippen LogP contribution in [-0.2, 0) is 23.6 Å². The first kappa shape index (κ1) is 12.9. The van der Waals surface area contributed by atoms with Crippen molar-refractivity contribution < 1.29 is 28.5 Å². The van der Waals surface area contributed by atoms with Crippen LogP contribution in [0.25, 0.3) is 0 Å². The van der Waals surface area contributed by atoms with Crippen LogP contribution < -0.4 is 10.2 Å². The van der Waals surface area contributed by atoms with Gasteiger partial charge in [-0.05, 0) is 13.3 Å². The molecule has 0 amide bonds. The van der Waals surface area contributed by atoms with Crippen LogP contribution >= 0.6 is 0 Å². The minimum absolute atomic E-state index is 0.0275. The summed E-state index contributed by atoms with van der Waals surface area (Å²) in [4.78, 5) is 24.7. The van der Waals surface area contributed by atoms with Crippen molar-refractivity contribution in [1.29, 1.82) is 0 Å². The SMILES string of the molecule is [CH2-][NH+]1CC(=O)OB(C2OC2C)OC(=O)[C@]12CCCN2. The predicted octanol–water partition coefficient (Wildman–Crippen LogP) is -2.34. The van der Waals surface area contributed by atoms with Gasteiger partial charge in [-0.3, -0.25) is 5.32 Å². The molecule has 0 saturated carbocycles. The third kappa shape index (κ3) is 2.13. The predicted molar refractivity (Wildman–Crippen MR) is 63.4 cm³/mol. The molecule has 0 aromatic rings. The Labute approximate surface area is 111 Å². The molecule has 3 fully saturated rings. The average Bonchev–Trinajstić information content (AvgIpc) is 2.90. The van der Waals surface area contributed by atoms with E-state index in [4.69, 9.17) is 14.0 Å². The molecule has 104 valence electrons. The van der Waals surface area contributed by atoms with Gasteiger partial charge in [0.2, 0.25) is 5.66 Å². The van der Waals surface area contributed by atoms with Crippen LogP contribution in [0.2, 0.25) is 0 Å². The smallest absolute Gasteiger partial charge is 0.493 e. The molecule has 7 nitrogen and oxygen atoms in total. The summed E-state index contributed by atoms with van der Waals surface area (Å²) in [7, 11) is 2.91. The van der Waals surface area contributed by atoms with Crippen molar-refractivity contribution in [3.63, 3.8) is 0 Å². The van der Waals surface area contributed by atoms with Gasteiger partial charge in [0.05, 0.1) is 6.10 Å². The van der Waals surface area contributed by atoms with Gasteiger partial charge in [0.15, 0.2) is 6.54 Å². The van der Waals surface area contributed by atoms with Gasteiger partial charge < -0.3 is 18.9 Å². The zero-order valence-corrected chi connectivity index (χ0v) is 10.8. The van der Waals surface area contributed by atoms with E-state index in [9.17, 15) is 9.59 Å². The number of carbonyl (C=O) groups is 2. The van der Waals surface area contributed by atoms with Crippen molar-refractivity contribution in [3.05, 3.63) is 7.05 Å². The molecule has 2 N–H and O–H groups in total. The number of hydrogen-bond donors (Lipinski definition) is 2. The summed E-state index contributed by atoms with van der Waals surface area (Å²) in [5.41, 5.74) is -0.935. The van der Waals surface area contributed by atoms with E-state index >= 15 is 0 Å². The number of epoxide rings is 1. The van der Waals surface area contributed by atoms with Crippen molar-refractivity contribution in [2.75, 3.05) is 13.1 Å². The zero-order valence-electron chi connectivity index (χ0n) is 10.8. The normalized spacial score (nSPS) is 42.6. The highest BCUT2D eigenvalue weighted by Crippen LogP contribution is 2.27. The molecule has 4 atom stereocenters. The lowest BCUT2D eigenvalue weighted by Gasteiger charge is -2.39. The Balaban J connectivity index is 1.82. The van der Waals surface area contributed by atoms with Gasteiger partial charge in [-0.2, -0.15) is 0 Å². The molecule has 3 unspecified atom stereocenters. The second-order valence-corrected chi connectivity index (χ2v) is 5.29. The highest BCUT2D eigenvalue weighted by molar-refractivity contribution is 6.51. The third-order valence-electron chi connectivity index (χ3n) is 3.96. The number of nitrogens with one attached hydrogen (secondary N) is 2. The van der Waals surface area contributed by atoms with Gasteiger partial charge in [-0.15, -0.1) is 7.05 Å². The second-order valence-electron chi connectivity index (χ2n) is 5.29. The Morgan fingerprint density at radius 3 is 2.79 bits per heavy atom. The van der Waals surface area contributed by atoms with Crippen molar-refractivity contribution in [2.24, 2.45) is 0 Å². The van der Waals surface area contributed by atoms with E-state index in [0.29, 0.717) is 17.9 Å². The van der Waals surface area contributed by atoms with E-state index in [2.05, 4.69) is 12.4 Å². The van der Waals surface area contributed by atoms with Crippen LogP contribution in [0.15, 0.2) is 0 Å². The highest BCUT2D eigenvalue weighted by Gasteiger charge is 2.58. The van der Waals surface area contributed by atoms with Crippen LogP contribution in [0, 0.1) is 7.05 Å². The van der Waals surface area contributed by atoms with Crippen molar-refractivity contribution in [1.82, 2.24) is 5.32 Å². The Morgan fingerprint density at radius 2 is 2.21 bits per heavy atom. The Kier molecular flexibility index (Phi) is 3.03.